The lowest BCUT2D eigenvalue weighted by Crippen LogP contribution is -2.40. The minimum absolute atomic E-state index is 0.268. The van der Waals surface area contributed by atoms with Gasteiger partial charge in [0.25, 0.3) is 10.0 Å². The summed E-state index contributed by atoms with van der Waals surface area (Å²) in [5.74, 6) is 0.313. The average molecular weight is 382 g/mol. The molecule has 25 heavy (non-hydrogen) atoms. The van der Waals surface area contributed by atoms with E-state index in [1.165, 1.54) is 16.6 Å². The van der Waals surface area contributed by atoms with Crippen molar-refractivity contribution in [2.24, 2.45) is 0 Å². The summed E-state index contributed by atoms with van der Waals surface area (Å²) >= 11 is 1.16. The molecule has 134 valence electrons. The Labute approximate surface area is 149 Å². The number of rotatable bonds is 6. The molecule has 7 nitrogen and oxygen atoms in total. The SMILES string of the molecule is O=C(C=Cc1ccco1)NCc1ccc(S(=O)(=O)N2CCOCC2)s1. The van der Waals surface area contributed by atoms with Crippen LogP contribution in [-0.4, -0.2) is 44.9 Å². The fourth-order valence-electron chi connectivity index (χ4n) is 2.28. The third-order valence-electron chi connectivity index (χ3n) is 3.58. The zero-order chi connectivity index (χ0) is 17.7. The number of ether oxygens (including phenoxy) is 1. The number of hydrogen-bond donors (Lipinski definition) is 1. The highest BCUT2D eigenvalue weighted by Crippen LogP contribution is 2.25. The molecule has 3 heterocycles. The van der Waals surface area contributed by atoms with Crippen LogP contribution in [0.15, 0.2) is 45.2 Å². The zero-order valence-corrected chi connectivity index (χ0v) is 15.0. The smallest absolute Gasteiger partial charge is 0.252 e. The molecule has 0 bridgehead atoms. The van der Waals surface area contributed by atoms with Gasteiger partial charge in [-0.2, -0.15) is 4.31 Å². The van der Waals surface area contributed by atoms with E-state index in [0.717, 1.165) is 16.2 Å². The van der Waals surface area contributed by atoms with Crippen LogP contribution >= 0.6 is 11.3 Å². The molecule has 0 spiro atoms. The second-order valence-electron chi connectivity index (χ2n) is 5.30. The Bertz CT molecular complexity index is 834. The van der Waals surface area contributed by atoms with E-state index in [0.29, 0.717) is 32.1 Å². The molecule has 1 amide bonds. The van der Waals surface area contributed by atoms with Crippen LogP contribution in [0.5, 0.6) is 0 Å². The summed E-state index contributed by atoms with van der Waals surface area (Å²) < 4.78 is 37.1. The Balaban J connectivity index is 1.57. The second kappa shape index (κ2) is 7.96. The minimum Gasteiger partial charge on any atom is -0.465 e. The van der Waals surface area contributed by atoms with Crippen molar-refractivity contribution < 1.29 is 22.4 Å². The molecular weight excluding hydrogens is 364 g/mol. The molecule has 0 aliphatic carbocycles. The lowest BCUT2D eigenvalue weighted by Gasteiger charge is -2.25. The quantitative estimate of drug-likeness (QED) is 0.768. The number of furan rings is 1. The van der Waals surface area contributed by atoms with Crippen LogP contribution in [0.4, 0.5) is 0 Å². The maximum absolute atomic E-state index is 12.5. The molecule has 0 aromatic carbocycles. The van der Waals surface area contributed by atoms with E-state index in [1.807, 2.05) is 0 Å². The Morgan fingerprint density at radius 2 is 2.08 bits per heavy atom. The van der Waals surface area contributed by atoms with Gasteiger partial charge in [-0.05, 0) is 30.3 Å². The van der Waals surface area contributed by atoms with Crippen LogP contribution in [0.3, 0.4) is 0 Å². The predicted octanol–water partition coefficient (Wildman–Crippen LogP) is 1.69. The highest BCUT2D eigenvalue weighted by atomic mass is 32.2. The largest absolute Gasteiger partial charge is 0.465 e. The molecule has 9 heteroatoms. The topological polar surface area (TPSA) is 88.8 Å². The first-order chi connectivity index (χ1) is 12.1. The van der Waals surface area contributed by atoms with Gasteiger partial charge in [0.2, 0.25) is 5.91 Å². The Morgan fingerprint density at radius 3 is 2.80 bits per heavy atom. The maximum atomic E-state index is 12.5. The van der Waals surface area contributed by atoms with Crippen molar-refractivity contribution in [1.82, 2.24) is 9.62 Å². The Hall–Kier alpha value is -1.94. The van der Waals surface area contributed by atoms with Gasteiger partial charge in [0.05, 0.1) is 26.0 Å². The zero-order valence-electron chi connectivity index (χ0n) is 13.4. The van der Waals surface area contributed by atoms with E-state index < -0.39 is 10.0 Å². The van der Waals surface area contributed by atoms with Crippen molar-refractivity contribution in [2.75, 3.05) is 26.3 Å². The molecule has 1 aliphatic heterocycles. The highest BCUT2D eigenvalue weighted by molar-refractivity contribution is 7.91. The number of morpholine rings is 1. The van der Waals surface area contributed by atoms with Crippen LogP contribution in [-0.2, 0) is 26.1 Å². The van der Waals surface area contributed by atoms with Crippen LogP contribution < -0.4 is 5.32 Å². The summed E-state index contributed by atoms with van der Waals surface area (Å²) in [6.45, 7) is 1.82. The number of nitrogens with zero attached hydrogens (tertiary/aromatic N) is 1. The summed E-state index contributed by atoms with van der Waals surface area (Å²) in [4.78, 5) is 12.6. The number of thiophene rings is 1. The third-order valence-corrected chi connectivity index (χ3v) is 7.03. The van der Waals surface area contributed by atoms with Crippen molar-refractivity contribution in [1.29, 1.82) is 0 Å². The number of hydrogen-bond acceptors (Lipinski definition) is 6. The monoisotopic (exact) mass is 382 g/mol. The van der Waals surface area contributed by atoms with Gasteiger partial charge in [0, 0.05) is 24.0 Å². The van der Waals surface area contributed by atoms with Gasteiger partial charge in [-0.25, -0.2) is 8.42 Å². The van der Waals surface area contributed by atoms with Crippen molar-refractivity contribution in [3.8, 4) is 0 Å². The number of sulfonamides is 1. The van der Waals surface area contributed by atoms with Crippen molar-refractivity contribution >= 4 is 33.3 Å². The molecule has 2 aromatic rings. The first-order valence-corrected chi connectivity index (χ1v) is 9.97. The Kier molecular flexibility index (Phi) is 5.69. The molecule has 1 saturated heterocycles. The molecule has 0 unspecified atom stereocenters. The van der Waals surface area contributed by atoms with E-state index >= 15 is 0 Å². The first-order valence-electron chi connectivity index (χ1n) is 7.72. The molecule has 1 fully saturated rings. The van der Waals surface area contributed by atoms with Gasteiger partial charge in [0.1, 0.15) is 9.97 Å². The van der Waals surface area contributed by atoms with Gasteiger partial charge in [-0.3, -0.25) is 4.79 Å². The average Bonchev–Trinajstić information content (AvgIpc) is 3.31. The molecule has 3 rings (SSSR count). The summed E-state index contributed by atoms with van der Waals surface area (Å²) in [6.07, 6.45) is 4.47. The van der Waals surface area contributed by atoms with E-state index in [9.17, 15) is 13.2 Å². The number of carbonyl (C=O) groups is 1. The van der Waals surface area contributed by atoms with Gasteiger partial charge in [-0.15, -0.1) is 11.3 Å². The molecular formula is C16H18N2O5S2. The molecule has 1 aliphatic rings. The Morgan fingerprint density at radius 1 is 1.28 bits per heavy atom. The summed E-state index contributed by atoms with van der Waals surface area (Å²) in [5.41, 5.74) is 0. The fraction of sp³-hybridized carbons (Fsp3) is 0.312. The van der Waals surface area contributed by atoms with Crippen LogP contribution in [0.25, 0.3) is 6.08 Å². The van der Waals surface area contributed by atoms with Gasteiger partial charge >= 0.3 is 0 Å². The lowest BCUT2D eigenvalue weighted by molar-refractivity contribution is -0.116. The normalized spacial score (nSPS) is 16.3. The number of carbonyl (C=O) groups excluding carboxylic acids is 1. The molecule has 0 atom stereocenters. The molecule has 0 saturated carbocycles. The standard InChI is InChI=1S/C16H18N2O5S2/c19-15(5-3-13-2-1-9-23-13)17-12-14-4-6-16(24-14)25(20,21)18-7-10-22-11-8-18/h1-6,9H,7-8,10-12H2,(H,17,19). The highest BCUT2D eigenvalue weighted by Gasteiger charge is 2.27. The number of amides is 1. The van der Waals surface area contributed by atoms with Crippen LogP contribution in [0.2, 0.25) is 0 Å². The van der Waals surface area contributed by atoms with Gasteiger partial charge < -0.3 is 14.5 Å². The first kappa shape index (κ1) is 17.9. The second-order valence-corrected chi connectivity index (χ2v) is 8.64. The summed E-state index contributed by atoms with van der Waals surface area (Å²) in [7, 11) is -3.49. The van der Waals surface area contributed by atoms with E-state index in [-0.39, 0.29) is 16.7 Å². The summed E-state index contributed by atoms with van der Waals surface area (Å²) in [5, 5.41) is 2.72. The van der Waals surface area contributed by atoms with Crippen molar-refractivity contribution in [3.05, 3.63) is 47.2 Å². The predicted molar refractivity (Wildman–Crippen MR) is 93.5 cm³/mol. The lowest BCUT2D eigenvalue weighted by atomic mass is 10.4. The van der Waals surface area contributed by atoms with E-state index in [1.54, 1.807) is 30.3 Å². The van der Waals surface area contributed by atoms with E-state index in [4.69, 9.17) is 9.15 Å². The van der Waals surface area contributed by atoms with Gasteiger partial charge in [-0.1, -0.05) is 0 Å². The molecule has 2 aromatic heterocycles. The molecule has 0 radical (unpaired) electrons. The number of nitrogens with one attached hydrogen (secondary N) is 1. The van der Waals surface area contributed by atoms with Crippen LogP contribution in [0, 0.1) is 0 Å². The third kappa shape index (κ3) is 4.57. The van der Waals surface area contributed by atoms with Gasteiger partial charge in [0.15, 0.2) is 0 Å². The van der Waals surface area contributed by atoms with Crippen molar-refractivity contribution in [2.45, 2.75) is 10.8 Å². The molecule has 1 N–H and O–H groups in total. The van der Waals surface area contributed by atoms with Crippen molar-refractivity contribution in [3.63, 3.8) is 0 Å². The maximum Gasteiger partial charge on any atom is 0.252 e. The van der Waals surface area contributed by atoms with Crippen LogP contribution in [0.1, 0.15) is 10.6 Å². The summed E-state index contributed by atoms with van der Waals surface area (Å²) in [6, 6.07) is 6.77. The fourth-order valence-corrected chi connectivity index (χ4v) is 5.14. The van der Waals surface area contributed by atoms with E-state index in [2.05, 4.69) is 5.32 Å². The minimum atomic E-state index is -3.49.